The SMILES string of the molecule is Cc1csc(Nc2cccc(-c3cnc(N4CCN(C)CC4)o3)n2)n1. The standard InChI is InChI=1S/C17H20N6OS/c1-12-11-25-16(19-12)21-15-5-3-4-13(20-15)14-10-18-17(24-14)23-8-6-22(2)7-9-23/h3-5,10-11H,6-9H2,1-2H3,(H,19,20,21). The molecule has 0 atom stereocenters. The summed E-state index contributed by atoms with van der Waals surface area (Å²) in [5, 5.41) is 6.06. The lowest BCUT2D eigenvalue weighted by Crippen LogP contribution is -2.44. The van der Waals surface area contributed by atoms with E-state index in [0.717, 1.165) is 48.5 Å². The number of nitrogens with zero attached hydrogens (tertiary/aromatic N) is 5. The van der Waals surface area contributed by atoms with Crippen LogP contribution in [0.1, 0.15) is 5.69 Å². The lowest BCUT2D eigenvalue weighted by atomic mass is 10.3. The summed E-state index contributed by atoms with van der Waals surface area (Å²) in [5.74, 6) is 1.41. The van der Waals surface area contributed by atoms with E-state index in [1.54, 1.807) is 17.5 Å². The molecule has 1 fully saturated rings. The van der Waals surface area contributed by atoms with E-state index in [1.807, 2.05) is 30.5 Å². The van der Waals surface area contributed by atoms with E-state index in [-0.39, 0.29) is 0 Å². The third-order valence-corrected chi connectivity index (χ3v) is 5.00. The molecule has 0 aromatic carbocycles. The fraction of sp³-hybridized carbons (Fsp3) is 0.353. The maximum Gasteiger partial charge on any atom is 0.297 e. The Morgan fingerprint density at radius 3 is 2.76 bits per heavy atom. The van der Waals surface area contributed by atoms with Crippen molar-refractivity contribution < 1.29 is 4.42 Å². The topological polar surface area (TPSA) is 70.3 Å². The zero-order valence-electron chi connectivity index (χ0n) is 14.3. The normalized spacial score (nSPS) is 15.5. The van der Waals surface area contributed by atoms with Crippen molar-refractivity contribution in [3.05, 3.63) is 35.5 Å². The maximum atomic E-state index is 5.95. The third kappa shape index (κ3) is 3.64. The van der Waals surface area contributed by atoms with Crippen LogP contribution in [-0.2, 0) is 0 Å². The number of hydrogen-bond acceptors (Lipinski definition) is 8. The minimum Gasteiger partial charge on any atom is -0.422 e. The van der Waals surface area contributed by atoms with Gasteiger partial charge in [-0.15, -0.1) is 11.3 Å². The number of oxazole rings is 1. The van der Waals surface area contributed by atoms with Crippen LogP contribution in [-0.4, -0.2) is 53.1 Å². The van der Waals surface area contributed by atoms with Crippen molar-refractivity contribution in [3.63, 3.8) is 0 Å². The molecular formula is C17H20N6OS. The van der Waals surface area contributed by atoms with Gasteiger partial charge >= 0.3 is 0 Å². The molecule has 3 aromatic rings. The van der Waals surface area contributed by atoms with Gasteiger partial charge in [-0.1, -0.05) is 6.07 Å². The lowest BCUT2D eigenvalue weighted by Gasteiger charge is -2.31. The molecule has 1 saturated heterocycles. The van der Waals surface area contributed by atoms with Crippen LogP contribution < -0.4 is 10.2 Å². The van der Waals surface area contributed by atoms with Crippen molar-refractivity contribution in [3.8, 4) is 11.5 Å². The van der Waals surface area contributed by atoms with E-state index in [4.69, 9.17) is 4.42 Å². The van der Waals surface area contributed by atoms with Gasteiger partial charge in [0.1, 0.15) is 11.5 Å². The molecule has 0 bridgehead atoms. The van der Waals surface area contributed by atoms with Crippen LogP contribution >= 0.6 is 11.3 Å². The molecule has 4 heterocycles. The van der Waals surface area contributed by atoms with Gasteiger partial charge in [0, 0.05) is 31.6 Å². The Bertz CT molecular complexity index is 852. The molecule has 0 unspecified atom stereocenters. The molecule has 1 N–H and O–H groups in total. The average molecular weight is 356 g/mol. The molecule has 4 rings (SSSR count). The second kappa shape index (κ2) is 6.81. The van der Waals surface area contributed by atoms with Gasteiger partial charge in [0.2, 0.25) is 0 Å². The number of hydrogen-bond donors (Lipinski definition) is 1. The van der Waals surface area contributed by atoms with E-state index >= 15 is 0 Å². The van der Waals surface area contributed by atoms with Gasteiger partial charge in [0.15, 0.2) is 10.9 Å². The van der Waals surface area contributed by atoms with Gasteiger partial charge in [-0.25, -0.2) is 15.0 Å². The minimum absolute atomic E-state index is 0.666. The number of nitrogens with one attached hydrogen (secondary N) is 1. The number of piperazine rings is 1. The second-order valence-corrected chi connectivity index (χ2v) is 6.98. The van der Waals surface area contributed by atoms with Gasteiger partial charge in [0.25, 0.3) is 6.01 Å². The highest BCUT2D eigenvalue weighted by Gasteiger charge is 2.19. The molecule has 0 amide bonds. The van der Waals surface area contributed by atoms with Crippen molar-refractivity contribution >= 4 is 28.3 Å². The first kappa shape index (κ1) is 16.0. The highest BCUT2D eigenvalue weighted by molar-refractivity contribution is 7.13. The fourth-order valence-electron chi connectivity index (χ4n) is 2.69. The predicted octanol–water partition coefficient (Wildman–Crippen LogP) is 3.00. The van der Waals surface area contributed by atoms with E-state index in [0.29, 0.717) is 11.8 Å². The third-order valence-electron chi connectivity index (χ3n) is 4.12. The number of rotatable bonds is 4. The van der Waals surface area contributed by atoms with Crippen LogP contribution in [0.25, 0.3) is 11.5 Å². The molecule has 0 radical (unpaired) electrons. The Morgan fingerprint density at radius 1 is 1.16 bits per heavy atom. The van der Waals surface area contributed by atoms with Crippen LogP contribution in [0.15, 0.2) is 34.2 Å². The van der Waals surface area contributed by atoms with Crippen molar-refractivity contribution in [1.29, 1.82) is 0 Å². The molecule has 130 valence electrons. The average Bonchev–Trinajstić information content (AvgIpc) is 3.25. The zero-order valence-corrected chi connectivity index (χ0v) is 15.1. The molecule has 8 heteroatoms. The summed E-state index contributed by atoms with van der Waals surface area (Å²) in [4.78, 5) is 17.9. The summed E-state index contributed by atoms with van der Waals surface area (Å²) >= 11 is 1.56. The van der Waals surface area contributed by atoms with Crippen LogP contribution in [0, 0.1) is 6.92 Å². The molecule has 0 aliphatic carbocycles. The highest BCUT2D eigenvalue weighted by atomic mass is 32.1. The van der Waals surface area contributed by atoms with E-state index in [9.17, 15) is 0 Å². The highest BCUT2D eigenvalue weighted by Crippen LogP contribution is 2.26. The molecule has 3 aromatic heterocycles. The van der Waals surface area contributed by atoms with Crippen molar-refractivity contribution in [2.45, 2.75) is 6.92 Å². The summed E-state index contributed by atoms with van der Waals surface area (Å²) < 4.78 is 5.95. The number of likely N-dealkylation sites (N-methyl/N-ethyl adjacent to an activating group) is 1. The predicted molar refractivity (Wildman–Crippen MR) is 99.6 cm³/mol. The first-order valence-corrected chi connectivity index (χ1v) is 9.11. The van der Waals surface area contributed by atoms with Gasteiger partial charge in [0.05, 0.1) is 11.9 Å². The van der Waals surface area contributed by atoms with Crippen molar-refractivity contribution in [2.24, 2.45) is 0 Å². The summed E-state index contributed by atoms with van der Waals surface area (Å²) in [6, 6.07) is 6.45. The second-order valence-electron chi connectivity index (χ2n) is 6.12. The number of aryl methyl sites for hydroxylation is 1. The molecule has 25 heavy (non-hydrogen) atoms. The summed E-state index contributed by atoms with van der Waals surface area (Å²) in [6.45, 7) is 5.86. The van der Waals surface area contributed by atoms with Crippen molar-refractivity contribution in [2.75, 3.05) is 43.4 Å². The van der Waals surface area contributed by atoms with Crippen LogP contribution in [0.5, 0.6) is 0 Å². The Hall–Kier alpha value is -2.45. The van der Waals surface area contributed by atoms with Gasteiger partial charge in [-0.3, -0.25) is 0 Å². The monoisotopic (exact) mass is 356 g/mol. The Morgan fingerprint density at radius 2 is 2.00 bits per heavy atom. The maximum absolute atomic E-state index is 5.95. The van der Waals surface area contributed by atoms with Gasteiger partial charge in [-0.2, -0.15) is 0 Å². The van der Waals surface area contributed by atoms with Crippen LogP contribution in [0.3, 0.4) is 0 Å². The van der Waals surface area contributed by atoms with E-state index < -0.39 is 0 Å². The molecular weight excluding hydrogens is 336 g/mol. The first-order valence-electron chi connectivity index (χ1n) is 8.23. The molecule has 0 spiro atoms. The van der Waals surface area contributed by atoms with E-state index in [2.05, 4.69) is 37.1 Å². The Balaban J connectivity index is 1.51. The largest absolute Gasteiger partial charge is 0.422 e. The van der Waals surface area contributed by atoms with Gasteiger partial charge < -0.3 is 19.5 Å². The number of pyridine rings is 1. The summed E-state index contributed by atoms with van der Waals surface area (Å²) in [6.07, 6.45) is 1.74. The fourth-order valence-corrected chi connectivity index (χ4v) is 3.38. The number of thiazole rings is 1. The molecule has 0 saturated carbocycles. The smallest absolute Gasteiger partial charge is 0.297 e. The summed E-state index contributed by atoms with van der Waals surface area (Å²) in [7, 11) is 2.13. The quantitative estimate of drug-likeness (QED) is 0.770. The van der Waals surface area contributed by atoms with Crippen LogP contribution in [0.2, 0.25) is 0 Å². The number of aromatic nitrogens is 3. The Kier molecular flexibility index (Phi) is 4.37. The summed E-state index contributed by atoms with van der Waals surface area (Å²) in [5.41, 5.74) is 1.75. The van der Waals surface area contributed by atoms with Gasteiger partial charge in [-0.05, 0) is 26.1 Å². The Labute approximate surface area is 150 Å². The van der Waals surface area contributed by atoms with Crippen LogP contribution in [0.4, 0.5) is 17.0 Å². The zero-order chi connectivity index (χ0) is 17.2. The van der Waals surface area contributed by atoms with E-state index in [1.165, 1.54) is 0 Å². The first-order chi connectivity index (χ1) is 12.2. The molecule has 1 aliphatic heterocycles. The molecule has 1 aliphatic rings. The van der Waals surface area contributed by atoms with Crippen molar-refractivity contribution in [1.82, 2.24) is 19.9 Å². The minimum atomic E-state index is 0.666. The number of anilines is 3. The lowest BCUT2D eigenvalue weighted by molar-refractivity contribution is 0.305. The molecule has 7 nitrogen and oxygen atoms in total.